The van der Waals surface area contributed by atoms with Gasteiger partial charge in [-0.25, -0.2) is 9.69 Å². The first kappa shape index (κ1) is 42.9. The lowest BCUT2D eigenvalue weighted by Crippen LogP contribution is -2.55. The number of nitrogens with zero attached hydrogens (tertiary/aromatic N) is 3. The maximum Gasteiger partial charge on any atom is 0.421 e. The molecule has 3 heterocycles. The summed E-state index contributed by atoms with van der Waals surface area (Å²) in [6.45, 7) is 0.826. The van der Waals surface area contributed by atoms with E-state index in [9.17, 15) is 19.5 Å². The zero-order valence-electron chi connectivity index (χ0n) is 35.0. The Morgan fingerprint density at radius 3 is 2.14 bits per heavy atom. The van der Waals surface area contributed by atoms with Crippen LogP contribution in [0.15, 0.2) is 133 Å². The summed E-state index contributed by atoms with van der Waals surface area (Å²) in [6, 6.07) is 37.4. The van der Waals surface area contributed by atoms with E-state index in [1.165, 1.54) is 7.11 Å². The molecule has 13 heteroatoms. The Kier molecular flexibility index (Phi) is 12.7. The van der Waals surface area contributed by atoms with Crippen LogP contribution in [0.4, 0.5) is 10.5 Å². The van der Waals surface area contributed by atoms with Crippen molar-refractivity contribution in [3.63, 3.8) is 0 Å². The normalized spacial score (nSPS) is 22.5. The molecule has 2 saturated heterocycles. The highest BCUT2D eigenvalue weighted by molar-refractivity contribution is 6.23. The van der Waals surface area contributed by atoms with Crippen LogP contribution in [0.2, 0.25) is 0 Å². The number of fused-ring (bicyclic) bond motifs is 3. The molecule has 3 amide bonds. The third-order valence-electron chi connectivity index (χ3n) is 11.9. The van der Waals surface area contributed by atoms with Crippen molar-refractivity contribution in [1.29, 1.82) is 0 Å². The van der Waals surface area contributed by atoms with Crippen LogP contribution in [0, 0.1) is 17.8 Å². The van der Waals surface area contributed by atoms with E-state index < -0.39 is 59.4 Å². The molecule has 0 bridgehead atoms. The number of nitrogens with two attached hydrogens (primary N) is 1. The molecule has 0 unspecified atom stereocenters. The molecule has 3 aliphatic heterocycles. The summed E-state index contributed by atoms with van der Waals surface area (Å²) in [5.41, 5.74) is 8.50. The van der Waals surface area contributed by atoms with Crippen molar-refractivity contribution in [2.75, 3.05) is 52.0 Å². The van der Waals surface area contributed by atoms with Gasteiger partial charge in [-0.2, -0.15) is 0 Å². The van der Waals surface area contributed by atoms with Crippen molar-refractivity contribution < 1.29 is 43.2 Å². The van der Waals surface area contributed by atoms with Gasteiger partial charge >= 0.3 is 12.1 Å². The van der Waals surface area contributed by atoms with Gasteiger partial charge in [-0.05, 0) is 65.2 Å². The van der Waals surface area contributed by atoms with Gasteiger partial charge in [0.2, 0.25) is 11.8 Å². The van der Waals surface area contributed by atoms with Crippen molar-refractivity contribution in [2.24, 2.45) is 11.7 Å². The number of rotatable bonds is 13. The van der Waals surface area contributed by atoms with Crippen molar-refractivity contribution in [3.8, 4) is 17.6 Å². The Bertz CT molecular complexity index is 2510. The number of imide groups is 1. The Balaban J connectivity index is 1.35. The van der Waals surface area contributed by atoms with Crippen LogP contribution >= 0.6 is 0 Å². The Morgan fingerprint density at radius 2 is 1.49 bits per heavy atom. The molecule has 6 atom stereocenters. The Hall–Kier alpha value is -6.82. The van der Waals surface area contributed by atoms with Crippen LogP contribution in [0.25, 0.3) is 0 Å². The van der Waals surface area contributed by atoms with Crippen molar-refractivity contribution in [2.45, 2.75) is 36.2 Å². The summed E-state index contributed by atoms with van der Waals surface area (Å²) >= 11 is 0. The minimum atomic E-state index is -2.01. The first-order valence-corrected chi connectivity index (χ1v) is 20.8. The zero-order valence-corrected chi connectivity index (χ0v) is 35.0. The fourth-order valence-electron chi connectivity index (χ4n) is 9.41. The lowest BCUT2D eigenvalue weighted by molar-refractivity contribution is -0.178. The minimum absolute atomic E-state index is 0.0448. The summed E-state index contributed by atoms with van der Waals surface area (Å²) in [5, 5.41) is 9.49. The third kappa shape index (κ3) is 8.06. The van der Waals surface area contributed by atoms with Gasteiger partial charge in [0.25, 0.3) is 0 Å². The summed E-state index contributed by atoms with van der Waals surface area (Å²) in [7, 11) is 3.43. The van der Waals surface area contributed by atoms with E-state index in [1.54, 1.807) is 42.5 Å². The van der Waals surface area contributed by atoms with E-state index >= 15 is 4.79 Å². The molecular weight excluding hydrogens is 801 g/mol. The second-order valence-corrected chi connectivity index (χ2v) is 15.7. The number of benzene rings is 5. The van der Waals surface area contributed by atoms with E-state index in [1.807, 2.05) is 103 Å². The topological polar surface area (TPSA) is 161 Å². The first-order valence-electron chi connectivity index (χ1n) is 20.8. The molecular formula is C50H48N4O9. The van der Waals surface area contributed by atoms with E-state index in [0.29, 0.717) is 35.5 Å². The smallest absolute Gasteiger partial charge is 0.421 e. The van der Waals surface area contributed by atoms with E-state index in [2.05, 4.69) is 16.7 Å². The Labute approximate surface area is 365 Å². The maximum absolute atomic E-state index is 15.9. The van der Waals surface area contributed by atoms with Gasteiger partial charge in [0.1, 0.15) is 36.5 Å². The number of hydrogen-bond acceptors (Lipinski definition) is 11. The number of esters is 1. The molecule has 0 aromatic heterocycles. The molecule has 1 spiro atoms. The fraction of sp³-hybridized carbons (Fsp3) is 0.280. The monoisotopic (exact) mass is 848 g/mol. The predicted molar refractivity (Wildman–Crippen MR) is 233 cm³/mol. The number of primary amides is 1. The number of ether oxygens (including phenoxy) is 4. The van der Waals surface area contributed by atoms with Crippen LogP contribution in [0.5, 0.6) is 5.75 Å². The van der Waals surface area contributed by atoms with Gasteiger partial charge in [-0.1, -0.05) is 115 Å². The Morgan fingerprint density at radius 1 is 0.825 bits per heavy atom. The average molecular weight is 849 g/mol. The average Bonchev–Trinajstić information content (AvgIpc) is 3.76. The summed E-state index contributed by atoms with van der Waals surface area (Å²) in [5.74, 6) is 2.88. The largest absolute Gasteiger partial charge is 0.491 e. The highest BCUT2D eigenvalue weighted by Crippen LogP contribution is 2.65. The molecule has 3 N–H and O–H groups in total. The molecule has 0 aliphatic carbocycles. The van der Waals surface area contributed by atoms with Crippen LogP contribution in [-0.4, -0.2) is 92.0 Å². The van der Waals surface area contributed by atoms with Gasteiger partial charge in [-0.15, -0.1) is 0 Å². The molecule has 322 valence electrons. The number of carbonyl (C=O) groups is 4. The second-order valence-electron chi connectivity index (χ2n) is 15.7. The van der Waals surface area contributed by atoms with Crippen LogP contribution in [0.3, 0.4) is 0 Å². The SMILES string of the molecule is COCCOC(=O)N1C(=O)[C@@]2(c3cc(C#CCN(C)Cc4ccccc4)ccc31)[C@H](c1ccc(OCCO)cc1)N1[C@H](c3ccccc3)[C@H](c3ccccc3)OC(=O)[C@H]1[C@@H]2C(N)=O. The zero-order chi connectivity index (χ0) is 44.1. The molecule has 3 aliphatic rings. The molecule has 0 radical (unpaired) electrons. The van der Waals surface area contributed by atoms with Crippen LogP contribution < -0.4 is 15.4 Å². The fourth-order valence-corrected chi connectivity index (χ4v) is 9.41. The van der Waals surface area contributed by atoms with Gasteiger partial charge in [0.15, 0.2) is 0 Å². The van der Waals surface area contributed by atoms with E-state index in [-0.39, 0.29) is 37.7 Å². The van der Waals surface area contributed by atoms with E-state index in [4.69, 9.17) is 24.7 Å². The quantitative estimate of drug-likeness (QED) is 0.0878. The number of amides is 3. The number of methoxy groups -OCH3 is 1. The molecule has 13 nitrogen and oxygen atoms in total. The van der Waals surface area contributed by atoms with Crippen molar-refractivity contribution >= 4 is 29.6 Å². The summed E-state index contributed by atoms with van der Waals surface area (Å²) in [4.78, 5) is 64.3. The number of hydrogen-bond donors (Lipinski definition) is 2. The van der Waals surface area contributed by atoms with Gasteiger partial charge in [0, 0.05) is 19.2 Å². The molecule has 63 heavy (non-hydrogen) atoms. The lowest BCUT2D eigenvalue weighted by Gasteiger charge is -2.46. The summed E-state index contributed by atoms with van der Waals surface area (Å²) in [6.07, 6.45) is -1.88. The van der Waals surface area contributed by atoms with Crippen LogP contribution in [-0.2, 0) is 40.6 Å². The van der Waals surface area contributed by atoms with Crippen LogP contribution in [0.1, 0.15) is 51.6 Å². The van der Waals surface area contributed by atoms with Gasteiger partial charge in [0.05, 0.1) is 43.4 Å². The molecule has 8 rings (SSSR count). The number of aliphatic hydroxyl groups is 1. The second kappa shape index (κ2) is 18.7. The molecule has 5 aromatic rings. The number of carbonyl (C=O) groups excluding carboxylic acids is 4. The number of morpholine rings is 1. The number of aliphatic hydroxyl groups excluding tert-OH is 1. The van der Waals surface area contributed by atoms with Gasteiger partial charge < -0.3 is 29.8 Å². The van der Waals surface area contributed by atoms with Crippen molar-refractivity contribution in [1.82, 2.24) is 9.80 Å². The summed E-state index contributed by atoms with van der Waals surface area (Å²) < 4.78 is 22.9. The standard InChI is InChI=1S/C50H48N4O9/c1-52(32-34-13-6-3-7-14-34)26-12-15-33-20-25-40-39(31-33)50(48(58)53(40)49(59)62-30-29-60-2)41(46(51)56)43-47(57)63-44(36-18-10-5-11-19-36)42(35-16-8-4-9-17-35)54(43)45(50)37-21-23-38(24-22-37)61-28-27-55/h3-11,13-14,16-25,31,41-45,55H,26-30,32H2,1-2H3,(H2,51,56)/t41-,42-,43-,44+,45+,50-/m1/s1. The van der Waals surface area contributed by atoms with Gasteiger partial charge in [-0.3, -0.25) is 24.2 Å². The maximum atomic E-state index is 15.9. The molecule has 2 fully saturated rings. The lowest BCUT2D eigenvalue weighted by atomic mass is 9.65. The number of cyclic esters (lactones) is 1. The van der Waals surface area contributed by atoms with Crippen molar-refractivity contribution in [3.05, 3.63) is 167 Å². The minimum Gasteiger partial charge on any atom is -0.491 e. The van der Waals surface area contributed by atoms with E-state index in [0.717, 1.165) is 16.0 Å². The predicted octanol–water partition coefficient (Wildman–Crippen LogP) is 5.48. The molecule has 0 saturated carbocycles. The first-order chi connectivity index (χ1) is 30.7. The highest BCUT2D eigenvalue weighted by Gasteiger charge is 2.75. The molecule has 5 aromatic carbocycles. The number of anilines is 1. The highest BCUT2D eigenvalue weighted by atomic mass is 16.6. The third-order valence-corrected chi connectivity index (χ3v) is 11.9.